The predicted octanol–water partition coefficient (Wildman–Crippen LogP) is 3.56. The van der Waals surface area contributed by atoms with Crippen LogP contribution >= 0.6 is 0 Å². The van der Waals surface area contributed by atoms with Crippen LogP contribution in [-0.4, -0.2) is 49.4 Å². The molecule has 0 unspecified atom stereocenters. The van der Waals surface area contributed by atoms with Crippen molar-refractivity contribution in [2.45, 2.75) is 85.0 Å². The Balaban J connectivity index is 2.65. The van der Waals surface area contributed by atoms with Crippen LogP contribution in [-0.2, 0) is 14.3 Å². The molecule has 0 aromatic rings. The summed E-state index contributed by atoms with van der Waals surface area (Å²) in [5.41, 5.74) is 6.31. The monoisotopic (exact) mass is 356 g/mol. The number of nitrogens with zero attached hydrogens (tertiary/aromatic N) is 1. The second-order valence-electron chi connectivity index (χ2n) is 7.65. The van der Waals surface area contributed by atoms with Crippen molar-refractivity contribution in [2.75, 3.05) is 26.3 Å². The van der Waals surface area contributed by atoms with Crippen molar-refractivity contribution in [3.63, 3.8) is 0 Å². The van der Waals surface area contributed by atoms with Crippen LogP contribution in [0.4, 0.5) is 0 Å². The first kappa shape index (κ1) is 22.4. The molecule has 2 N–H and O–H groups in total. The maximum absolute atomic E-state index is 13.0. The van der Waals surface area contributed by atoms with E-state index in [0.29, 0.717) is 38.1 Å². The summed E-state index contributed by atoms with van der Waals surface area (Å²) >= 11 is 0. The largest absolute Gasteiger partial charge is 0.351 e. The van der Waals surface area contributed by atoms with Gasteiger partial charge in [-0.25, -0.2) is 0 Å². The van der Waals surface area contributed by atoms with Crippen molar-refractivity contribution in [2.24, 2.45) is 17.6 Å². The predicted molar refractivity (Wildman–Crippen MR) is 102 cm³/mol. The molecule has 1 rings (SSSR count). The Bertz CT molecular complexity index is 351. The lowest BCUT2D eigenvalue weighted by Crippen LogP contribution is -2.48. The van der Waals surface area contributed by atoms with Gasteiger partial charge in [-0.15, -0.1) is 0 Å². The maximum Gasteiger partial charge on any atom is 0.239 e. The Hall–Kier alpha value is -0.650. The fourth-order valence-corrected chi connectivity index (χ4v) is 3.53. The zero-order valence-corrected chi connectivity index (χ0v) is 16.8. The topological polar surface area (TPSA) is 64.8 Å². The zero-order chi connectivity index (χ0) is 18.7. The Labute approximate surface area is 154 Å². The van der Waals surface area contributed by atoms with Crippen molar-refractivity contribution in [1.82, 2.24) is 4.90 Å². The van der Waals surface area contributed by atoms with E-state index in [1.54, 1.807) is 0 Å². The molecule has 0 heterocycles. The van der Waals surface area contributed by atoms with E-state index in [4.69, 9.17) is 15.2 Å². The first-order chi connectivity index (χ1) is 12.0. The number of carbonyl (C=O) groups is 1. The van der Waals surface area contributed by atoms with Gasteiger partial charge < -0.3 is 20.1 Å². The standard InChI is InChI=1S/C20H40N2O3/c1-5-24-19(25-6-2)15-22(13-12-16(3)4)20(23)18(21)14-17-10-8-7-9-11-17/h16-19H,5-15,21H2,1-4H3/t18-/m0/s1. The smallest absolute Gasteiger partial charge is 0.239 e. The van der Waals surface area contributed by atoms with E-state index in [-0.39, 0.29) is 12.2 Å². The van der Waals surface area contributed by atoms with Gasteiger partial charge in [0.2, 0.25) is 5.91 Å². The fourth-order valence-electron chi connectivity index (χ4n) is 3.53. The van der Waals surface area contributed by atoms with Crippen molar-refractivity contribution in [3.8, 4) is 0 Å². The first-order valence-electron chi connectivity index (χ1n) is 10.2. The summed E-state index contributed by atoms with van der Waals surface area (Å²) in [7, 11) is 0. The number of rotatable bonds is 12. The minimum atomic E-state index is -0.404. The summed E-state index contributed by atoms with van der Waals surface area (Å²) in [5, 5.41) is 0. The number of hydrogen-bond acceptors (Lipinski definition) is 4. The van der Waals surface area contributed by atoms with Crippen molar-refractivity contribution < 1.29 is 14.3 Å². The number of nitrogens with two attached hydrogens (primary N) is 1. The lowest BCUT2D eigenvalue weighted by Gasteiger charge is -2.31. The highest BCUT2D eigenvalue weighted by Gasteiger charge is 2.27. The fraction of sp³-hybridized carbons (Fsp3) is 0.950. The van der Waals surface area contributed by atoms with Gasteiger partial charge in [0.1, 0.15) is 0 Å². The van der Waals surface area contributed by atoms with E-state index in [1.807, 2.05) is 18.7 Å². The molecule has 1 atom stereocenters. The molecule has 1 aliphatic carbocycles. The summed E-state index contributed by atoms with van der Waals surface area (Å²) in [6, 6.07) is -0.404. The molecule has 5 heteroatoms. The van der Waals surface area contributed by atoms with Crippen LogP contribution in [0.15, 0.2) is 0 Å². The molecule has 0 aromatic carbocycles. The Morgan fingerprint density at radius 2 is 1.72 bits per heavy atom. The van der Waals surface area contributed by atoms with Crippen LogP contribution in [0, 0.1) is 11.8 Å². The van der Waals surface area contributed by atoms with Crippen LogP contribution < -0.4 is 5.73 Å². The average molecular weight is 357 g/mol. The van der Waals surface area contributed by atoms with Gasteiger partial charge in [0.25, 0.3) is 0 Å². The van der Waals surface area contributed by atoms with Gasteiger partial charge in [-0.3, -0.25) is 4.79 Å². The van der Waals surface area contributed by atoms with Crippen LogP contribution in [0.25, 0.3) is 0 Å². The number of amides is 1. The summed E-state index contributed by atoms with van der Waals surface area (Å²) in [6.45, 7) is 10.6. The lowest BCUT2D eigenvalue weighted by molar-refractivity contribution is -0.160. The second kappa shape index (κ2) is 12.7. The van der Waals surface area contributed by atoms with Crippen molar-refractivity contribution >= 4 is 5.91 Å². The van der Waals surface area contributed by atoms with Crippen molar-refractivity contribution in [1.29, 1.82) is 0 Å². The SMILES string of the molecule is CCOC(CN(CCC(C)C)C(=O)[C@@H](N)CC1CCCCC1)OCC. The van der Waals surface area contributed by atoms with Gasteiger partial charge in [0.15, 0.2) is 6.29 Å². The van der Waals surface area contributed by atoms with Gasteiger partial charge in [-0.2, -0.15) is 0 Å². The summed E-state index contributed by atoms with van der Waals surface area (Å²) < 4.78 is 11.3. The molecule has 1 aliphatic rings. The van der Waals surface area contributed by atoms with E-state index >= 15 is 0 Å². The number of carbonyl (C=O) groups excluding carboxylic acids is 1. The van der Waals surface area contributed by atoms with Crippen LogP contribution in [0.5, 0.6) is 0 Å². The van der Waals surface area contributed by atoms with Gasteiger partial charge in [0, 0.05) is 19.8 Å². The highest BCUT2D eigenvalue weighted by atomic mass is 16.7. The number of ether oxygens (including phenoxy) is 2. The third-order valence-electron chi connectivity index (χ3n) is 4.99. The van der Waals surface area contributed by atoms with E-state index in [9.17, 15) is 4.79 Å². The van der Waals surface area contributed by atoms with Gasteiger partial charge >= 0.3 is 0 Å². The molecule has 0 aromatic heterocycles. The molecule has 1 saturated carbocycles. The molecule has 0 spiro atoms. The Kier molecular flexibility index (Phi) is 11.3. The van der Waals surface area contributed by atoms with Crippen LogP contribution in [0.2, 0.25) is 0 Å². The second-order valence-corrected chi connectivity index (χ2v) is 7.65. The van der Waals surface area contributed by atoms with Crippen molar-refractivity contribution in [3.05, 3.63) is 0 Å². The molecule has 1 amide bonds. The number of hydrogen-bond donors (Lipinski definition) is 1. The van der Waals surface area contributed by atoms with Gasteiger partial charge in [-0.1, -0.05) is 46.0 Å². The molecule has 25 heavy (non-hydrogen) atoms. The van der Waals surface area contributed by atoms with Gasteiger partial charge in [-0.05, 0) is 38.5 Å². The molecule has 0 aliphatic heterocycles. The quantitative estimate of drug-likeness (QED) is 0.543. The third-order valence-corrected chi connectivity index (χ3v) is 4.99. The Morgan fingerprint density at radius 1 is 1.12 bits per heavy atom. The Morgan fingerprint density at radius 3 is 2.24 bits per heavy atom. The van der Waals surface area contributed by atoms with E-state index < -0.39 is 6.04 Å². The molecular weight excluding hydrogens is 316 g/mol. The van der Waals surface area contributed by atoms with Crippen LogP contribution in [0.1, 0.15) is 72.6 Å². The van der Waals surface area contributed by atoms with E-state index in [0.717, 1.165) is 12.8 Å². The summed E-state index contributed by atoms with van der Waals surface area (Å²) in [5.74, 6) is 1.20. The molecular formula is C20H40N2O3. The summed E-state index contributed by atoms with van der Waals surface area (Å²) in [6.07, 6.45) is 7.72. The molecule has 0 saturated heterocycles. The van der Waals surface area contributed by atoms with E-state index in [1.165, 1.54) is 32.1 Å². The molecule has 0 radical (unpaired) electrons. The molecule has 148 valence electrons. The average Bonchev–Trinajstić information content (AvgIpc) is 2.59. The molecule has 5 nitrogen and oxygen atoms in total. The highest BCUT2D eigenvalue weighted by Crippen LogP contribution is 2.27. The van der Waals surface area contributed by atoms with Crippen LogP contribution in [0.3, 0.4) is 0 Å². The lowest BCUT2D eigenvalue weighted by atomic mass is 9.84. The minimum absolute atomic E-state index is 0.0515. The minimum Gasteiger partial charge on any atom is -0.351 e. The molecule has 0 bridgehead atoms. The molecule has 1 fully saturated rings. The normalized spacial score (nSPS) is 17.2. The third kappa shape index (κ3) is 9.02. The highest BCUT2D eigenvalue weighted by molar-refractivity contribution is 5.81. The maximum atomic E-state index is 13.0. The first-order valence-corrected chi connectivity index (χ1v) is 10.2. The van der Waals surface area contributed by atoms with E-state index in [2.05, 4.69) is 13.8 Å². The summed E-state index contributed by atoms with van der Waals surface area (Å²) in [4.78, 5) is 14.8. The zero-order valence-electron chi connectivity index (χ0n) is 16.8. The van der Waals surface area contributed by atoms with Gasteiger partial charge in [0.05, 0.1) is 12.6 Å².